The van der Waals surface area contributed by atoms with Gasteiger partial charge in [-0.05, 0) is 50.1 Å². The molecule has 0 saturated heterocycles. The van der Waals surface area contributed by atoms with Crippen molar-refractivity contribution in [2.45, 2.75) is 0 Å². The lowest BCUT2D eigenvalue weighted by Gasteiger charge is -2.06. The van der Waals surface area contributed by atoms with E-state index >= 15 is 0 Å². The van der Waals surface area contributed by atoms with Gasteiger partial charge in [0.25, 0.3) is 0 Å². The minimum atomic E-state index is 0.112. The molecule has 3 nitrogen and oxygen atoms in total. The molecule has 0 aliphatic rings. The average Bonchev–Trinajstić information content (AvgIpc) is 2.34. The minimum Gasteiger partial charge on any atom is -0.504 e. The molecule has 1 N–H and O–H groups in total. The van der Waals surface area contributed by atoms with Gasteiger partial charge in [0.15, 0.2) is 5.75 Å². The Morgan fingerprint density at radius 1 is 0.882 bits per heavy atom. The maximum atomic E-state index is 9.97. The first-order valence-electron chi connectivity index (χ1n) is 4.90. The fourth-order valence-corrected chi connectivity index (χ4v) is 2.92. The molecule has 0 aliphatic carbocycles. The van der Waals surface area contributed by atoms with Crippen LogP contribution in [0.25, 0.3) is 22.1 Å². The molecule has 0 aliphatic heterocycles. The Labute approximate surface area is 114 Å². The number of rotatable bonds is 0. The summed E-state index contributed by atoms with van der Waals surface area (Å²) in [6.45, 7) is 0. The molecule has 5 heteroatoms. The topological polar surface area (TPSA) is 46.0 Å². The van der Waals surface area contributed by atoms with Crippen LogP contribution in [-0.4, -0.2) is 15.1 Å². The molecular weight excluding hydrogens is 348 g/mol. The average molecular weight is 354 g/mol. The third-order valence-electron chi connectivity index (χ3n) is 2.50. The van der Waals surface area contributed by atoms with Gasteiger partial charge in [-0.1, -0.05) is 12.1 Å². The maximum absolute atomic E-state index is 9.97. The smallest absolute Gasteiger partial charge is 0.157 e. The predicted octanol–water partition coefficient (Wildman–Crippen LogP) is 4.01. The monoisotopic (exact) mass is 352 g/mol. The number of hydrogen-bond donors (Lipinski definition) is 1. The number of halogens is 2. The molecule has 0 radical (unpaired) electrons. The first-order valence-corrected chi connectivity index (χ1v) is 6.49. The van der Waals surface area contributed by atoms with Gasteiger partial charge in [-0.15, -0.1) is 0 Å². The number of hydrogen-bond acceptors (Lipinski definition) is 3. The van der Waals surface area contributed by atoms with Crippen LogP contribution in [0, 0.1) is 0 Å². The lowest BCUT2D eigenvalue weighted by molar-refractivity contribution is 0.477. The molecule has 0 bridgehead atoms. The molecular formula is C12H6Br2N2O. The van der Waals surface area contributed by atoms with Crippen molar-refractivity contribution in [2.24, 2.45) is 0 Å². The van der Waals surface area contributed by atoms with Crippen LogP contribution < -0.4 is 0 Å². The van der Waals surface area contributed by atoms with E-state index in [4.69, 9.17) is 0 Å². The van der Waals surface area contributed by atoms with E-state index in [0.717, 1.165) is 15.5 Å². The molecule has 0 fully saturated rings. The number of aromatic hydroxyl groups is 1. The van der Waals surface area contributed by atoms with Gasteiger partial charge in [-0.2, -0.15) is 0 Å². The lowest BCUT2D eigenvalue weighted by atomic mass is 10.2. The number of aromatic nitrogens is 2. The van der Waals surface area contributed by atoms with Crippen LogP contribution in [0.2, 0.25) is 0 Å². The zero-order valence-electron chi connectivity index (χ0n) is 8.48. The third kappa shape index (κ3) is 1.70. The van der Waals surface area contributed by atoms with E-state index in [1.807, 2.05) is 24.3 Å². The van der Waals surface area contributed by atoms with E-state index in [9.17, 15) is 5.11 Å². The Balaban J connectivity index is 2.56. The van der Waals surface area contributed by atoms with Crippen LogP contribution in [0.3, 0.4) is 0 Å². The van der Waals surface area contributed by atoms with Gasteiger partial charge in [0.05, 0.1) is 15.5 Å². The Kier molecular flexibility index (Phi) is 2.52. The summed E-state index contributed by atoms with van der Waals surface area (Å²) in [4.78, 5) is 8.92. The van der Waals surface area contributed by atoms with Gasteiger partial charge in [0, 0.05) is 4.47 Å². The van der Waals surface area contributed by atoms with Gasteiger partial charge < -0.3 is 5.11 Å². The van der Waals surface area contributed by atoms with Crippen LogP contribution >= 0.6 is 31.9 Å². The second-order valence-electron chi connectivity index (χ2n) is 3.60. The van der Waals surface area contributed by atoms with E-state index in [-0.39, 0.29) is 5.75 Å². The van der Waals surface area contributed by atoms with Crippen molar-refractivity contribution in [2.75, 3.05) is 0 Å². The molecule has 0 atom stereocenters. The van der Waals surface area contributed by atoms with Gasteiger partial charge in [0.1, 0.15) is 11.0 Å². The van der Waals surface area contributed by atoms with Crippen molar-refractivity contribution in [1.82, 2.24) is 9.97 Å². The molecule has 0 unspecified atom stereocenters. The van der Waals surface area contributed by atoms with Crippen LogP contribution in [-0.2, 0) is 0 Å². The van der Waals surface area contributed by atoms with E-state index in [0.29, 0.717) is 15.5 Å². The first kappa shape index (κ1) is 10.9. The van der Waals surface area contributed by atoms with E-state index in [1.165, 1.54) is 0 Å². The highest BCUT2D eigenvalue weighted by molar-refractivity contribution is 9.11. The highest BCUT2D eigenvalue weighted by Gasteiger charge is 2.12. The molecule has 1 heterocycles. The zero-order chi connectivity index (χ0) is 12.0. The van der Waals surface area contributed by atoms with E-state index in [2.05, 4.69) is 41.8 Å². The summed E-state index contributed by atoms with van der Waals surface area (Å²) in [7, 11) is 0. The Bertz CT molecular complexity index is 743. The highest BCUT2D eigenvalue weighted by atomic mass is 79.9. The van der Waals surface area contributed by atoms with Gasteiger partial charge >= 0.3 is 0 Å². The number of fused-ring (bicyclic) bond motifs is 2. The van der Waals surface area contributed by atoms with Crippen LogP contribution in [0.15, 0.2) is 39.3 Å². The SMILES string of the molecule is Oc1c(Br)cc(Br)c2nc3ccccc3nc12. The summed E-state index contributed by atoms with van der Waals surface area (Å²) in [5, 5.41) is 9.97. The number of benzene rings is 2. The largest absolute Gasteiger partial charge is 0.504 e. The van der Waals surface area contributed by atoms with Crippen LogP contribution in [0.1, 0.15) is 0 Å². The lowest BCUT2D eigenvalue weighted by Crippen LogP contribution is -1.89. The molecule has 0 spiro atoms. The normalized spacial score (nSPS) is 11.2. The van der Waals surface area contributed by atoms with Crippen LogP contribution in [0.5, 0.6) is 5.75 Å². The quantitative estimate of drug-likeness (QED) is 0.621. The second-order valence-corrected chi connectivity index (χ2v) is 5.31. The van der Waals surface area contributed by atoms with Gasteiger partial charge in [-0.25, -0.2) is 9.97 Å². The first-order chi connectivity index (χ1) is 8.16. The number of nitrogens with zero attached hydrogens (tertiary/aromatic N) is 2. The fraction of sp³-hybridized carbons (Fsp3) is 0. The van der Waals surface area contributed by atoms with E-state index < -0.39 is 0 Å². The molecule has 3 rings (SSSR count). The van der Waals surface area contributed by atoms with Crippen molar-refractivity contribution >= 4 is 53.9 Å². The summed E-state index contributed by atoms with van der Waals surface area (Å²) < 4.78 is 1.40. The molecule has 3 aromatic rings. The molecule has 17 heavy (non-hydrogen) atoms. The fourth-order valence-electron chi connectivity index (χ4n) is 1.69. The molecule has 0 amide bonds. The van der Waals surface area contributed by atoms with Crippen molar-refractivity contribution in [3.8, 4) is 5.75 Å². The number of phenolic OH excluding ortho intramolecular Hbond substituents is 1. The molecule has 1 aromatic heterocycles. The Hall–Kier alpha value is -1.20. The third-order valence-corrected chi connectivity index (χ3v) is 3.71. The molecule has 0 saturated carbocycles. The molecule has 2 aromatic carbocycles. The van der Waals surface area contributed by atoms with Gasteiger partial charge in [-0.3, -0.25) is 0 Å². The summed E-state index contributed by atoms with van der Waals surface area (Å²) in [5.41, 5.74) is 2.72. The standard InChI is InChI=1S/C12H6Br2N2O/c13-6-5-7(14)12(17)11-10(6)15-8-3-1-2-4-9(8)16-11/h1-5,17H. The maximum Gasteiger partial charge on any atom is 0.157 e. The molecule has 84 valence electrons. The summed E-state index contributed by atoms with van der Waals surface area (Å²) >= 11 is 6.71. The second kappa shape index (κ2) is 3.92. The Morgan fingerprint density at radius 3 is 2.12 bits per heavy atom. The summed E-state index contributed by atoms with van der Waals surface area (Å²) in [5.74, 6) is 0.112. The van der Waals surface area contributed by atoms with Gasteiger partial charge in [0.2, 0.25) is 0 Å². The minimum absolute atomic E-state index is 0.112. The predicted molar refractivity (Wildman–Crippen MR) is 74.1 cm³/mol. The summed E-state index contributed by atoms with van der Waals surface area (Å²) in [6.07, 6.45) is 0. The van der Waals surface area contributed by atoms with E-state index in [1.54, 1.807) is 6.07 Å². The number of phenols is 1. The number of para-hydroxylation sites is 2. The Morgan fingerprint density at radius 2 is 1.47 bits per heavy atom. The van der Waals surface area contributed by atoms with Crippen LogP contribution in [0.4, 0.5) is 0 Å². The van der Waals surface area contributed by atoms with Crippen molar-refractivity contribution < 1.29 is 5.11 Å². The zero-order valence-corrected chi connectivity index (χ0v) is 11.7. The van der Waals surface area contributed by atoms with Crippen molar-refractivity contribution in [3.05, 3.63) is 39.3 Å². The highest BCUT2D eigenvalue weighted by Crippen LogP contribution is 2.36. The van der Waals surface area contributed by atoms with Crippen molar-refractivity contribution in [3.63, 3.8) is 0 Å². The summed E-state index contributed by atoms with van der Waals surface area (Å²) in [6, 6.07) is 9.34. The van der Waals surface area contributed by atoms with Crippen molar-refractivity contribution in [1.29, 1.82) is 0 Å².